The lowest BCUT2D eigenvalue weighted by Crippen LogP contribution is -2.30. The van der Waals surface area contributed by atoms with E-state index in [1.54, 1.807) is 0 Å². The van der Waals surface area contributed by atoms with E-state index in [0.717, 1.165) is 109 Å². The molecule has 0 N–H and O–H groups in total. The third-order valence-corrected chi connectivity index (χ3v) is 10.7. The Kier molecular flexibility index (Phi) is 46.9. The Morgan fingerprint density at radius 3 is 1.00 bits per heavy atom. The molecule has 0 aromatic rings. The summed E-state index contributed by atoms with van der Waals surface area (Å²) in [5, 5.41) is 0. The summed E-state index contributed by atoms with van der Waals surface area (Å²) < 4.78 is 16.7. The minimum absolute atomic E-state index is 0.0811. The topological polar surface area (TPSA) is 78.9 Å². The molecule has 1 atom stereocenters. The lowest BCUT2D eigenvalue weighted by Gasteiger charge is -2.18. The van der Waals surface area contributed by atoms with E-state index in [1.807, 2.05) is 0 Å². The number of carbonyl (C=O) groups excluding carboxylic acids is 3. The molecule has 1 unspecified atom stereocenters. The maximum Gasteiger partial charge on any atom is 0.306 e. The Hall–Kier alpha value is -3.15. The number of unbranched alkanes of at least 4 members (excludes halogenated alkanes) is 22. The minimum Gasteiger partial charge on any atom is -0.462 e. The third kappa shape index (κ3) is 47.7. The molecule has 0 radical (unpaired) electrons. The number of carbonyl (C=O) groups is 3. The summed E-state index contributed by atoms with van der Waals surface area (Å²) >= 11 is 0. The average molecular weight is 851 g/mol. The van der Waals surface area contributed by atoms with Crippen LogP contribution in [0, 0.1) is 0 Å². The zero-order chi connectivity index (χ0) is 44.4. The van der Waals surface area contributed by atoms with Crippen LogP contribution in [-0.4, -0.2) is 37.2 Å². The molecule has 6 nitrogen and oxygen atoms in total. The van der Waals surface area contributed by atoms with Crippen molar-refractivity contribution in [1.82, 2.24) is 0 Å². The lowest BCUT2D eigenvalue weighted by molar-refractivity contribution is -0.167. The highest BCUT2D eigenvalue weighted by Gasteiger charge is 2.19. The third-order valence-electron chi connectivity index (χ3n) is 10.7. The van der Waals surface area contributed by atoms with Crippen LogP contribution in [0.1, 0.15) is 239 Å². The van der Waals surface area contributed by atoms with Crippen LogP contribution in [0.5, 0.6) is 0 Å². The average Bonchev–Trinajstić information content (AvgIpc) is 3.26. The van der Waals surface area contributed by atoms with Gasteiger partial charge in [-0.2, -0.15) is 0 Å². The zero-order valence-electron chi connectivity index (χ0n) is 39.9. The molecule has 6 heteroatoms. The molecule has 0 fully saturated rings. The highest BCUT2D eigenvalue weighted by molar-refractivity contribution is 5.71. The lowest BCUT2D eigenvalue weighted by atomic mass is 10.1. The van der Waals surface area contributed by atoms with Gasteiger partial charge in [-0.15, -0.1) is 0 Å². The van der Waals surface area contributed by atoms with Crippen molar-refractivity contribution in [2.75, 3.05) is 13.2 Å². The molecule has 61 heavy (non-hydrogen) atoms. The van der Waals surface area contributed by atoms with Crippen molar-refractivity contribution in [2.45, 2.75) is 245 Å². The first kappa shape index (κ1) is 57.9. The number of rotatable bonds is 45. The molecule has 0 aromatic heterocycles. The number of allylic oxidation sites excluding steroid dienone is 12. The van der Waals surface area contributed by atoms with Crippen LogP contribution in [-0.2, 0) is 28.6 Å². The first-order valence-electron chi connectivity index (χ1n) is 25.4. The molecule has 0 heterocycles. The van der Waals surface area contributed by atoms with E-state index in [9.17, 15) is 14.4 Å². The van der Waals surface area contributed by atoms with Gasteiger partial charge in [-0.05, 0) is 70.6 Å². The van der Waals surface area contributed by atoms with Gasteiger partial charge in [0.25, 0.3) is 0 Å². The van der Waals surface area contributed by atoms with Gasteiger partial charge in [0.1, 0.15) is 13.2 Å². The Balaban J connectivity index is 4.31. The Bertz CT molecular complexity index is 1160. The smallest absolute Gasteiger partial charge is 0.306 e. The molecule has 0 aliphatic carbocycles. The molecule has 0 saturated heterocycles. The molecule has 350 valence electrons. The van der Waals surface area contributed by atoms with Gasteiger partial charge in [-0.1, -0.05) is 222 Å². The van der Waals surface area contributed by atoms with Crippen LogP contribution in [0.25, 0.3) is 0 Å². The van der Waals surface area contributed by atoms with E-state index in [2.05, 4.69) is 93.7 Å². The second-order valence-electron chi connectivity index (χ2n) is 16.7. The monoisotopic (exact) mass is 851 g/mol. The fourth-order valence-electron chi connectivity index (χ4n) is 6.92. The SMILES string of the molecule is CC/C=C\C/C=C\C/C=C\C/C=C\C/C=C\C/C=C\CCCCCCC(=O)OCC(COC(=O)CCCCCCCCCCCC)OC(=O)CCCCCCCCCCCC. The second-order valence-corrected chi connectivity index (χ2v) is 16.7. The van der Waals surface area contributed by atoms with Gasteiger partial charge < -0.3 is 14.2 Å². The van der Waals surface area contributed by atoms with Crippen LogP contribution >= 0.6 is 0 Å². The van der Waals surface area contributed by atoms with Crippen molar-refractivity contribution in [3.05, 3.63) is 72.9 Å². The van der Waals surface area contributed by atoms with Crippen molar-refractivity contribution in [1.29, 1.82) is 0 Å². The fraction of sp³-hybridized carbons (Fsp3) is 0.727. The molecule has 0 saturated carbocycles. The van der Waals surface area contributed by atoms with E-state index in [4.69, 9.17) is 14.2 Å². The summed E-state index contributed by atoms with van der Waals surface area (Å²) in [4.78, 5) is 37.8. The van der Waals surface area contributed by atoms with Crippen LogP contribution in [0.2, 0.25) is 0 Å². The summed E-state index contributed by atoms with van der Waals surface area (Å²) in [5.41, 5.74) is 0. The van der Waals surface area contributed by atoms with Gasteiger partial charge in [0, 0.05) is 19.3 Å². The predicted molar refractivity (Wildman–Crippen MR) is 261 cm³/mol. The van der Waals surface area contributed by atoms with E-state index < -0.39 is 6.10 Å². The van der Waals surface area contributed by atoms with Crippen molar-refractivity contribution >= 4 is 17.9 Å². The number of hydrogen-bond donors (Lipinski definition) is 0. The molecule has 0 rings (SSSR count). The number of hydrogen-bond acceptors (Lipinski definition) is 6. The van der Waals surface area contributed by atoms with Gasteiger partial charge in [-0.25, -0.2) is 0 Å². The molecule has 0 amide bonds. The summed E-state index contributed by atoms with van der Waals surface area (Å²) in [6, 6.07) is 0. The first-order valence-corrected chi connectivity index (χ1v) is 25.4. The molecule has 0 aromatic carbocycles. The Labute approximate surface area is 376 Å². The summed E-state index contributed by atoms with van der Waals surface area (Å²) in [6.45, 7) is 6.47. The minimum atomic E-state index is -0.780. The van der Waals surface area contributed by atoms with Gasteiger partial charge in [0.2, 0.25) is 0 Å². The molecular formula is C55H94O6. The second kappa shape index (κ2) is 49.5. The van der Waals surface area contributed by atoms with E-state index in [-0.39, 0.29) is 31.1 Å². The fourth-order valence-corrected chi connectivity index (χ4v) is 6.92. The van der Waals surface area contributed by atoms with Gasteiger partial charge in [0.15, 0.2) is 6.10 Å². The van der Waals surface area contributed by atoms with Crippen LogP contribution in [0.3, 0.4) is 0 Å². The number of ether oxygens (including phenoxy) is 3. The molecule has 0 aliphatic rings. The molecule has 0 spiro atoms. The normalized spacial score (nSPS) is 12.6. The van der Waals surface area contributed by atoms with E-state index >= 15 is 0 Å². The molecule has 0 aliphatic heterocycles. The van der Waals surface area contributed by atoms with E-state index in [0.29, 0.717) is 19.3 Å². The Morgan fingerprint density at radius 2 is 0.639 bits per heavy atom. The first-order chi connectivity index (χ1) is 30.0. The molecule has 0 bridgehead atoms. The highest BCUT2D eigenvalue weighted by Crippen LogP contribution is 2.14. The van der Waals surface area contributed by atoms with Crippen molar-refractivity contribution in [3.8, 4) is 0 Å². The van der Waals surface area contributed by atoms with Crippen LogP contribution in [0.15, 0.2) is 72.9 Å². The zero-order valence-corrected chi connectivity index (χ0v) is 39.9. The van der Waals surface area contributed by atoms with Crippen molar-refractivity contribution in [3.63, 3.8) is 0 Å². The maximum absolute atomic E-state index is 12.7. The van der Waals surface area contributed by atoms with Gasteiger partial charge in [0.05, 0.1) is 0 Å². The summed E-state index contributed by atoms with van der Waals surface area (Å²) in [6.07, 6.45) is 61.7. The standard InChI is InChI=1S/C55H94O6/c1-4-7-10-13-16-19-22-23-24-25-26-27-28-29-30-31-32-33-34-37-39-42-45-48-54(57)60-51-52(61-55(58)49-46-43-40-36-21-18-15-12-9-6-3)50-59-53(56)47-44-41-38-35-20-17-14-11-8-5-2/h7,10,16,19,23-24,26-27,29-30,32-33,52H,4-6,8-9,11-15,17-18,20-22,25,28,31,34-51H2,1-3H3/b10-7-,19-16-,24-23-,27-26-,30-29-,33-32-. The van der Waals surface area contributed by atoms with Crippen LogP contribution < -0.4 is 0 Å². The van der Waals surface area contributed by atoms with Crippen LogP contribution in [0.4, 0.5) is 0 Å². The summed E-state index contributed by atoms with van der Waals surface area (Å²) in [5.74, 6) is -0.909. The number of esters is 3. The quantitative estimate of drug-likeness (QED) is 0.0263. The van der Waals surface area contributed by atoms with Crippen molar-refractivity contribution in [2.24, 2.45) is 0 Å². The van der Waals surface area contributed by atoms with Gasteiger partial charge >= 0.3 is 17.9 Å². The maximum atomic E-state index is 12.7. The summed E-state index contributed by atoms with van der Waals surface area (Å²) in [7, 11) is 0. The molecular weight excluding hydrogens is 757 g/mol. The largest absolute Gasteiger partial charge is 0.462 e. The van der Waals surface area contributed by atoms with E-state index in [1.165, 1.54) is 89.9 Å². The van der Waals surface area contributed by atoms with Gasteiger partial charge in [-0.3, -0.25) is 14.4 Å². The Morgan fingerprint density at radius 1 is 0.344 bits per heavy atom. The van der Waals surface area contributed by atoms with Crippen molar-refractivity contribution < 1.29 is 28.6 Å². The highest BCUT2D eigenvalue weighted by atomic mass is 16.6. The predicted octanol–water partition coefficient (Wildman–Crippen LogP) is 16.6.